The molecular weight excluding hydrogens is 320 g/mol. The van der Waals surface area contributed by atoms with E-state index in [0.717, 1.165) is 6.54 Å². The second-order valence-corrected chi connectivity index (χ2v) is 9.95. The van der Waals surface area contributed by atoms with E-state index < -0.39 is 0 Å². The molecule has 0 unspecified atom stereocenters. The van der Waals surface area contributed by atoms with Crippen molar-refractivity contribution < 1.29 is 0 Å². The molecule has 0 N–H and O–H groups in total. The van der Waals surface area contributed by atoms with Crippen molar-refractivity contribution >= 4 is 23.5 Å². The lowest BCUT2D eigenvalue weighted by Crippen LogP contribution is -2.18. The highest BCUT2D eigenvalue weighted by atomic mass is 32.2. The standard InChI is InChI=1S/C19H34N2S2/c1-2-3-4-5-6-7-8-9-11-19(22-16-17-23-19)12-10-14-21-15-13-20-18-21/h13,15,18H,2-12,14,16-17H2,1H3. The molecular formula is C19H34N2S2. The van der Waals surface area contributed by atoms with Crippen molar-refractivity contribution in [3.05, 3.63) is 18.7 Å². The molecule has 1 fully saturated rings. The molecule has 1 aliphatic rings. The van der Waals surface area contributed by atoms with Crippen molar-refractivity contribution in [3.63, 3.8) is 0 Å². The van der Waals surface area contributed by atoms with E-state index in [1.165, 1.54) is 82.1 Å². The predicted molar refractivity (Wildman–Crippen MR) is 106 cm³/mol. The Morgan fingerprint density at radius 2 is 1.57 bits per heavy atom. The second kappa shape index (κ2) is 11.5. The van der Waals surface area contributed by atoms with E-state index >= 15 is 0 Å². The molecule has 2 nitrogen and oxygen atoms in total. The van der Waals surface area contributed by atoms with Crippen LogP contribution >= 0.6 is 23.5 Å². The molecule has 0 spiro atoms. The van der Waals surface area contributed by atoms with Crippen LogP contribution in [-0.2, 0) is 6.54 Å². The van der Waals surface area contributed by atoms with Gasteiger partial charge < -0.3 is 4.57 Å². The number of nitrogens with zero attached hydrogens (tertiary/aromatic N) is 2. The summed E-state index contributed by atoms with van der Waals surface area (Å²) >= 11 is 4.48. The van der Waals surface area contributed by atoms with Gasteiger partial charge in [0.25, 0.3) is 0 Å². The number of hydrogen-bond donors (Lipinski definition) is 0. The molecule has 1 aromatic rings. The summed E-state index contributed by atoms with van der Waals surface area (Å²) in [7, 11) is 0. The number of aryl methyl sites for hydroxylation is 1. The Balaban J connectivity index is 1.57. The van der Waals surface area contributed by atoms with Crippen LogP contribution in [0.3, 0.4) is 0 Å². The first-order valence-corrected chi connectivity index (χ1v) is 11.6. The topological polar surface area (TPSA) is 17.8 Å². The number of thioether (sulfide) groups is 2. The number of aromatic nitrogens is 2. The van der Waals surface area contributed by atoms with E-state index in [2.05, 4.69) is 46.2 Å². The van der Waals surface area contributed by atoms with Crippen LogP contribution in [0.1, 0.15) is 77.6 Å². The van der Waals surface area contributed by atoms with Gasteiger partial charge in [0, 0.05) is 30.4 Å². The largest absolute Gasteiger partial charge is 0.337 e. The molecule has 0 amide bonds. The molecule has 0 saturated carbocycles. The van der Waals surface area contributed by atoms with Crippen LogP contribution in [0.4, 0.5) is 0 Å². The van der Waals surface area contributed by atoms with E-state index in [9.17, 15) is 0 Å². The van der Waals surface area contributed by atoms with E-state index in [1.807, 2.05) is 12.5 Å². The molecule has 2 rings (SSSR count). The zero-order valence-corrected chi connectivity index (χ0v) is 16.5. The molecule has 2 heterocycles. The molecule has 1 aromatic heterocycles. The lowest BCUT2D eigenvalue weighted by Gasteiger charge is -2.27. The maximum absolute atomic E-state index is 4.14. The van der Waals surface area contributed by atoms with E-state index in [1.54, 1.807) is 0 Å². The highest BCUT2D eigenvalue weighted by Crippen LogP contribution is 2.50. The lowest BCUT2D eigenvalue weighted by atomic mass is 10.0. The average Bonchev–Trinajstić information content (AvgIpc) is 3.23. The van der Waals surface area contributed by atoms with Gasteiger partial charge in [-0.2, -0.15) is 0 Å². The SMILES string of the molecule is CCCCCCCCCCC1(CCCn2ccnc2)SCCS1. The highest BCUT2D eigenvalue weighted by molar-refractivity contribution is 8.21. The molecule has 0 atom stereocenters. The molecule has 1 aliphatic heterocycles. The monoisotopic (exact) mass is 354 g/mol. The summed E-state index contributed by atoms with van der Waals surface area (Å²) in [5, 5.41) is 0. The Morgan fingerprint density at radius 1 is 0.913 bits per heavy atom. The third-order valence-corrected chi connectivity index (χ3v) is 8.41. The molecule has 0 aromatic carbocycles. The van der Waals surface area contributed by atoms with Gasteiger partial charge in [-0.3, -0.25) is 0 Å². The van der Waals surface area contributed by atoms with Crippen LogP contribution in [0.25, 0.3) is 0 Å². The number of hydrogen-bond acceptors (Lipinski definition) is 3. The van der Waals surface area contributed by atoms with E-state index in [4.69, 9.17) is 0 Å². The van der Waals surface area contributed by atoms with Crippen molar-refractivity contribution in [1.82, 2.24) is 9.55 Å². The Labute approximate surface area is 151 Å². The van der Waals surface area contributed by atoms with Crippen molar-refractivity contribution in [2.75, 3.05) is 11.5 Å². The first-order valence-electron chi connectivity index (χ1n) is 9.58. The smallest absolute Gasteiger partial charge is 0.0945 e. The minimum atomic E-state index is 0.531. The van der Waals surface area contributed by atoms with Gasteiger partial charge in [0.1, 0.15) is 0 Å². The fourth-order valence-corrected chi connectivity index (χ4v) is 6.79. The third-order valence-electron chi connectivity index (χ3n) is 4.76. The molecule has 4 heteroatoms. The van der Waals surface area contributed by atoms with Gasteiger partial charge in [-0.05, 0) is 19.3 Å². The fraction of sp³-hybridized carbons (Fsp3) is 0.842. The molecule has 0 aliphatic carbocycles. The van der Waals surface area contributed by atoms with Crippen LogP contribution in [0.5, 0.6) is 0 Å². The average molecular weight is 355 g/mol. The van der Waals surface area contributed by atoms with E-state index in [-0.39, 0.29) is 0 Å². The number of unbranched alkanes of at least 4 members (excludes halogenated alkanes) is 7. The molecule has 23 heavy (non-hydrogen) atoms. The van der Waals surface area contributed by atoms with Crippen molar-refractivity contribution in [2.24, 2.45) is 0 Å². The Hall–Kier alpha value is -0.0900. The van der Waals surface area contributed by atoms with E-state index in [0.29, 0.717) is 4.08 Å². The summed E-state index contributed by atoms with van der Waals surface area (Å²) in [6.07, 6.45) is 21.4. The summed E-state index contributed by atoms with van der Waals surface area (Å²) in [6.45, 7) is 3.42. The summed E-state index contributed by atoms with van der Waals surface area (Å²) in [5.74, 6) is 2.71. The van der Waals surface area contributed by atoms with Gasteiger partial charge in [-0.25, -0.2) is 4.98 Å². The van der Waals surface area contributed by atoms with Crippen molar-refractivity contribution in [1.29, 1.82) is 0 Å². The predicted octanol–water partition coefficient (Wildman–Crippen LogP) is 6.37. The maximum atomic E-state index is 4.14. The maximum Gasteiger partial charge on any atom is 0.0945 e. The quantitative estimate of drug-likeness (QED) is 0.383. The van der Waals surface area contributed by atoms with Crippen LogP contribution in [0.15, 0.2) is 18.7 Å². The van der Waals surface area contributed by atoms with Crippen molar-refractivity contribution in [2.45, 2.75) is 88.2 Å². The minimum absolute atomic E-state index is 0.531. The Morgan fingerprint density at radius 3 is 2.22 bits per heavy atom. The number of imidazole rings is 1. The fourth-order valence-electron chi connectivity index (χ4n) is 3.39. The lowest BCUT2D eigenvalue weighted by molar-refractivity contribution is 0.521. The molecule has 0 bridgehead atoms. The van der Waals surface area contributed by atoms with Gasteiger partial charge in [0.15, 0.2) is 0 Å². The normalized spacial score (nSPS) is 16.9. The van der Waals surface area contributed by atoms with Gasteiger partial charge in [0.2, 0.25) is 0 Å². The zero-order valence-electron chi connectivity index (χ0n) is 14.8. The Kier molecular flexibility index (Phi) is 9.59. The van der Waals surface area contributed by atoms with Crippen molar-refractivity contribution in [3.8, 4) is 0 Å². The third kappa shape index (κ3) is 7.55. The van der Waals surface area contributed by atoms with Gasteiger partial charge in [0.05, 0.1) is 10.4 Å². The number of rotatable bonds is 13. The summed E-state index contributed by atoms with van der Waals surface area (Å²) in [4.78, 5) is 4.14. The minimum Gasteiger partial charge on any atom is -0.337 e. The second-order valence-electron chi connectivity index (χ2n) is 6.74. The summed E-state index contributed by atoms with van der Waals surface area (Å²) in [5.41, 5.74) is 0. The van der Waals surface area contributed by atoms with Gasteiger partial charge >= 0.3 is 0 Å². The van der Waals surface area contributed by atoms with Crippen LogP contribution < -0.4 is 0 Å². The highest BCUT2D eigenvalue weighted by Gasteiger charge is 2.34. The van der Waals surface area contributed by atoms with Crippen LogP contribution in [0, 0.1) is 0 Å². The van der Waals surface area contributed by atoms with Crippen LogP contribution in [-0.4, -0.2) is 25.1 Å². The van der Waals surface area contributed by atoms with Gasteiger partial charge in [-0.1, -0.05) is 58.3 Å². The molecule has 0 radical (unpaired) electrons. The molecule has 132 valence electrons. The first kappa shape index (κ1) is 19.2. The molecule has 1 saturated heterocycles. The van der Waals surface area contributed by atoms with Gasteiger partial charge in [-0.15, -0.1) is 23.5 Å². The first-order chi connectivity index (χ1) is 11.3. The Bertz CT molecular complexity index is 386. The summed E-state index contributed by atoms with van der Waals surface area (Å²) < 4.78 is 2.75. The van der Waals surface area contributed by atoms with Crippen LogP contribution in [0.2, 0.25) is 0 Å². The zero-order chi connectivity index (χ0) is 16.2. The summed E-state index contributed by atoms with van der Waals surface area (Å²) in [6, 6.07) is 0.